The van der Waals surface area contributed by atoms with Gasteiger partial charge in [0.25, 0.3) is 5.91 Å². The number of nitrogens with zero attached hydrogens (tertiary/aromatic N) is 3. The molecule has 0 unspecified atom stereocenters. The number of aliphatic imine (C=N–C) groups is 1. The average molecular weight is 362 g/mol. The molecule has 8 nitrogen and oxygen atoms in total. The molecule has 2 aromatic rings. The van der Waals surface area contributed by atoms with Crippen molar-refractivity contribution >= 4 is 35.4 Å². The number of imide groups is 2. The molecule has 0 saturated carbocycles. The fourth-order valence-corrected chi connectivity index (χ4v) is 2.55. The summed E-state index contributed by atoms with van der Waals surface area (Å²) >= 11 is 0. The van der Waals surface area contributed by atoms with Crippen molar-refractivity contribution in [2.24, 2.45) is 10.9 Å². The summed E-state index contributed by atoms with van der Waals surface area (Å²) < 4.78 is 5.10. The Labute approximate surface area is 154 Å². The molecule has 134 valence electrons. The third kappa shape index (κ3) is 3.52. The Hall–Kier alpha value is -3.99. The molecular weight excluding hydrogens is 348 g/mol. The van der Waals surface area contributed by atoms with Gasteiger partial charge >= 0.3 is 6.03 Å². The van der Waals surface area contributed by atoms with Gasteiger partial charge in [-0.15, -0.1) is 0 Å². The number of amides is 4. The van der Waals surface area contributed by atoms with E-state index < -0.39 is 23.8 Å². The largest absolute Gasteiger partial charge is 0.497 e. The summed E-state index contributed by atoms with van der Waals surface area (Å²) in [5.74, 6) is -2.36. The predicted molar refractivity (Wildman–Crippen MR) is 96.8 cm³/mol. The number of carbonyl (C=O) groups excluding carboxylic acids is 3. The van der Waals surface area contributed by atoms with Crippen molar-refractivity contribution in [1.82, 2.24) is 5.32 Å². The smallest absolute Gasteiger partial charge is 0.335 e. The highest BCUT2D eigenvalue weighted by Crippen LogP contribution is 2.25. The van der Waals surface area contributed by atoms with Gasteiger partial charge in [-0.1, -0.05) is 18.2 Å². The summed E-state index contributed by atoms with van der Waals surface area (Å²) in [5, 5.41) is 11.2. The highest BCUT2D eigenvalue weighted by molar-refractivity contribution is 6.32. The fourth-order valence-electron chi connectivity index (χ4n) is 2.55. The van der Waals surface area contributed by atoms with Crippen LogP contribution in [0.4, 0.5) is 16.2 Å². The lowest BCUT2D eigenvalue weighted by atomic mass is 10.1. The van der Waals surface area contributed by atoms with E-state index in [0.29, 0.717) is 17.0 Å². The van der Waals surface area contributed by atoms with Gasteiger partial charge in [0.1, 0.15) is 11.8 Å². The summed E-state index contributed by atoms with van der Waals surface area (Å²) in [6.45, 7) is 0. The Balaban J connectivity index is 1.93. The summed E-state index contributed by atoms with van der Waals surface area (Å²) in [6, 6.07) is 14.0. The zero-order valence-electron chi connectivity index (χ0n) is 14.2. The number of urea groups is 1. The maximum absolute atomic E-state index is 12.8. The summed E-state index contributed by atoms with van der Waals surface area (Å²) in [5.41, 5.74) is 0.892. The number of nitriles is 1. The third-order valence-electron chi connectivity index (χ3n) is 3.90. The lowest BCUT2D eigenvalue weighted by Crippen LogP contribution is -2.58. The first-order chi connectivity index (χ1) is 13.0. The number of ether oxygens (including phenoxy) is 1. The van der Waals surface area contributed by atoms with Crippen LogP contribution < -0.4 is 15.0 Å². The zero-order valence-corrected chi connectivity index (χ0v) is 14.2. The lowest BCUT2D eigenvalue weighted by Gasteiger charge is -2.28. The van der Waals surface area contributed by atoms with Gasteiger partial charge in [-0.05, 0) is 24.3 Å². The van der Waals surface area contributed by atoms with Gasteiger partial charge in [0.15, 0.2) is 5.92 Å². The number of anilines is 1. The van der Waals surface area contributed by atoms with E-state index in [0.717, 1.165) is 11.1 Å². The van der Waals surface area contributed by atoms with Gasteiger partial charge in [0.2, 0.25) is 5.91 Å². The van der Waals surface area contributed by atoms with Crippen LogP contribution in [0.3, 0.4) is 0 Å². The number of nitrogens with one attached hydrogen (secondary N) is 1. The molecule has 27 heavy (non-hydrogen) atoms. The fraction of sp³-hybridized carbons (Fsp3) is 0.105. The second-order valence-electron chi connectivity index (χ2n) is 5.55. The molecule has 2 aromatic carbocycles. The number of rotatable bonds is 4. The van der Waals surface area contributed by atoms with E-state index in [2.05, 4.69) is 10.3 Å². The highest BCUT2D eigenvalue weighted by Gasteiger charge is 2.40. The topological polar surface area (TPSA) is 112 Å². The molecule has 1 heterocycles. The molecule has 0 aliphatic carbocycles. The van der Waals surface area contributed by atoms with Crippen LogP contribution in [-0.2, 0) is 9.59 Å². The van der Waals surface area contributed by atoms with E-state index in [1.807, 2.05) is 6.07 Å². The van der Waals surface area contributed by atoms with Crippen LogP contribution in [-0.4, -0.2) is 31.2 Å². The van der Waals surface area contributed by atoms with Crippen molar-refractivity contribution in [2.75, 3.05) is 12.0 Å². The number of benzene rings is 2. The molecule has 0 bridgehead atoms. The number of carbonyl (C=O) groups is 3. The van der Waals surface area contributed by atoms with Crippen LogP contribution in [0.15, 0.2) is 53.5 Å². The first-order valence-corrected chi connectivity index (χ1v) is 7.91. The van der Waals surface area contributed by atoms with Crippen LogP contribution in [0.5, 0.6) is 5.75 Å². The molecule has 0 radical (unpaired) electrons. The van der Waals surface area contributed by atoms with Crippen LogP contribution >= 0.6 is 0 Å². The second kappa shape index (κ2) is 7.49. The molecule has 0 aromatic heterocycles. The predicted octanol–water partition coefficient (Wildman–Crippen LogP) is 2.17. The molecular formula is C19H14N4O4. The molecule has 1 atom stereocenters. The average Bonchev–Trinajstić information content (AvgIpc) is 2.68. The highest BCUT2D eigenvalue weighted by atomic mass is 16.5. The van der Waals surface area contributed by atoms with E-state index in [4.69, 9.17) is 10.00 Å². The maximum atomic E-state index is 12.8. The molecule has 1 N–H and O–H groups in total. The van der Waals surface area contributed by atoms with Crippen LogP contribution in [0.25, 0.3) is 0 Å². The normalized spacial score (nSPS) is 17.0. The Bertz CT molecular complexity index is 993. The summed E-state index contributed by atoms with van der Waals surface area (Å²) in [4.78, 5) is 42.0. The minimum Gasteiger partial charge on any atom is -0.497 e. The first-order valence-electron chi connectivity index (χ1n) is 7.91. The molecule has 1 aliphatic rings. The van der Waals surface area contributed by atoms with Crippen molar-refractivity contribution in [3.8, 4) is 11.8 Å². The minimum absolute atomic E-state index is 0.264. The Morgan fingerprint density at radius 2 is 1.96 bits per heavy atom. The maximum Gasteiger partial charge on any atom is 0.335 e. The van der Waals surface area contributed by atoms with E-state index >= 15 is 0 Å². The zero-order chi connectivity index (χ0) is 19.4. The van der Waals surface area contributed by atoms with E-state index in [1.54, 1.807) is 42.5 Å². The molecule has 0 spiro atoms. The second-order valence-corrected chi connectivity index (χ2v) is 5.55. The summed E-state index contributed by atoms with van der Waals surface area (Å²) in [7, 11) is 1.46. The monoisotopic (exact) mass is 362 g/mol. The van der Waals surface area contributed by atoms with Crippen molar-refractivity contribution < 1.29 is 19.1 Å². The Kier molecular flexibility index (Phi) is 4.95. The van der Waals surface area contributed by atoms with E-state index in [9.17, 15) is 14.4 Å². The number of barbiturate groups is 1. The molecule has 8 heteroatoms. The molecule has 1 fully saturated rings. The molecule has 3 rings (SSSR count). The van der Waals surface area contributed by atoms with Crippen LogP contribution in [0.1, 0.15) is 5.56 Å². The Morgan fingerprint density at radius 1 is 1.19 bits per heavy atom. The van der Waals surface area contributed by atoms with E-state index in [-0.39, 0.29) is 5.69 Å². The van der Waals surface area contributed by atoms with Gasteiger partial charge < -0.3 is 4.74 Å². The number of methoxy groups -OCH3 is 1. The van der Waals surface area contributed by atoms with Crippen molar-refractivity contribution in [1.29, 1.82) is 5.26 Å². The molecule has 1 aliphatic heterocycles. The lowest BCUT2D eigenvalue weighted by molar-refractivity contribution is -0.131. The Morgan fingerprint density at radius 3 is 2.70 bits per heavy atom. The standard InChI is InChI=1S/C19H14N4O4/c1-27-14-7-4-6-13(9-14)23-18(25)15(17(24)22-19(23)26)11-21-16-8-3-2-5-12(16)10-20/h2-9,11,15H,1H3,(H,22,24,26)/t15-/m0/s1. The van der Waals surface area contributed by atoms with Gasteiger partial charge in [-0.3, -0.25) is 19.9 Å². The summed E-state index contributed by atoms with van der Waals surface area (Å²) in [6.07, 6.45) is 1.13. The van der Waals surface area contributed by atoms with Crippen LogP contribution in [0.2, 0.25) is 0 Å². The van der Waals surface area contributed by atoms with Gasteiger partial charge in [0, 0.05) is 12.3 Å². The van der Waals surface area contributed by atoms with Gasteiger partial charge in [-0.2, -0.15) is 5.26 Å². The number of hydrogen-bond acceptors (Lipinski definition) is 6. The molecule has 1 saturated heterocycles. The van der Waals surface area contributed by atoms with Crippen molar-refractivity contribution in [3.05, 3.63) is 54.1 Å². The van der Waals surface area contributed by atoms with Gasteiger partial charge in [-0.25, -0.2) is 9.69 Å². The quantitative estimate of drug-likeness (QED) is 0.662. The number of hydrogen-bond donors (Lipinski definition) is 1. The van der Waals surface area contributed by atoms with Crippen molar-refractivity contribution in [3.63, 3.8) is 0 Å². The third-order valence-corrected chi connectivity index (χ3v) is 3.90. The first kappa shape index (κ1) is 17.8. The van der Waals surface area contributed by atoms with Crippen LogP contribution in [0, 0.1) is 17.2 Å². The van der Waals surface area contributed by atoms with Crippen molar-refractivity contribution in [2.45, 2.75) is 0 Å². The van der Waals surface area contributed by atoms with E-state index in [1.165, 1.54) is 13.2 Å². The van der Waals surface area contributed by atoms with Gasteiger partial charge in [0.05, 0.1) is 24.0 Å². The molecule has 4 amide bonds. The minimum atomic E-state index is -1.30. The number of para-hydroxylation sites is 1. The SMILES string of the molecule is COc1cccc(N2C(=O)NC(=O)[C@H](C=Nc3ccccc3C#N)C2=O)c1.